The van der Waals surface area contributed by atoms with Crippen molar-refractivity contribution < 1.29 is 19.0 Å². The van der Waals surface area contributed by atoms with E-state index < -0.39 is 5.79 Å². The van der Waals surface area contributed by atoms with Gasteiger partial charge in [0, 0.05) is 19.5 Å². The van der Waals surface area contributed by atoms with E-state index in [9.17, 15) is 4.79 Å². The molecule has 0 aliphatic carbocycles. The third-order valence-corrected chi connectivity index (χ3v) is 6.54. The maximum Gasteiger partial charge on any atom is 0.306 e. The molecule has 0 bridgehead atoms. The highest BCUT2D eigenvalue weighted by Gasteiger charge is 2.38. The fourth-order valence-corrected chi connectivity index (χ4v) is 4.47. The molecule has 0 aromatic carbocycles. The molecule has 2 heterocycles. The molecule has 0 amide bonds. The van der Waals surface area contributed by atoms with Crippen LogP contribution < -0.4 is 0 Å². The molecule has 192 valence electrons. The number of nitrogens with zero attached hydrogens (tertiary/aromatic N) is 1. The van der Waals surface area contributed by atoms with E-state index in [0.29, 0.717) is 12.2 Å². The van der Waals surface area contributed by atoms with E-state index in [-0.39, 0.29) is 12.6 Å². The van der Waals surface area contributed by atoms with E-state index in [1.54, 1.807) is 6.20 Å². The quantitative estimate of drug-likeness (QED) is 0.149. The van der Waals surface area contributed by atoms with Crippen LogP contribution >= 0.6 is 0 Å². The summed E-state index contributed by atoms with van der Waals surface area (Å²) in [5, 5.41) is 0. The highest BCUT2D eigenvalue weighted by molar-refractivity contribution is 5.69. The SMILES string of the molecule is CCCCCCCCCCCCCCCCCC(=O)OCC1=COC(C)(c2ncccc2C)O1. The Kier molecular flexibility index (Phi) is 13.7. The second-order valence-electron chi connectivity index (χ2n) is 9.78. The van der Waals surface area contributed by atoms with Gasteiger partial charge in [0.1, 0.15) is 12.0 Å². The van der Waals surface area contributed by atoms with Crippen molar-refractivity contribution >= 4 is 5.97 Å². The summed E-state index contributed by atoms with van der Waals surface area (Å²) in [6.07, 6.45) is 23.4. The Balaban J connectivity index is 1.40. The van der Waals surface area contributed by atoms with Crippen LogP contribution in [0.2, 0.25) is 0 Å². The number of unbranched alkanes of at least 4 members (excludes halogenated alkanes) is 14. The molecule has 0 N–H and O–H groups in total. The van der Waals surface area contributed by atoms with Gasteiger partial charge in [0.15, 0.2) is 12.4 Å². The number of pyridine rings is 1. The molecule has 0 saturated carbocycles. The highest BCUT2D eigenvalue weighted by Crippen LogP contribution is 2.35. The van der Waals surface area contributed by atoms with Crippen molar-refractivity contribution in [2.75, 3.05) is 6.61 Å². The molecule has 0 saturated heterocycles. The van der Waals surface area contributed by atoms with E-state index in [4.69, 9.17) is 14.2 Å². The third-order valence-electron chi connectivity index (χ3n) is 6.54. The van der Waals surface area contributed by atoms with Crippen LogP contribution in [0.1, 0.15) is 128 Å². The summed E-state index contributed by atoms with van der Waals surface area (Å²) in [7, 11) is 0. The van der Waals surface area contributed by atoms with E-state index in [1.807, 2.05) is 26.0 Å². The van der Waals surface area contributed by atoms with Gasteiger partial charge in [0.25, 0.3) is 5.79 Å². The van der Waals surface area contributed by atoms with Crippen LogP contribution in [0.3, 0.4) is 0 Å². The zero-order chi connectivity index (χ0) is 24.5. The Bertz CT molecular complexity index is 733. The van der Waals surface area contributed by atoms with Crippen LogP contribution in [-0.2, 0) is 24.8 Å². The molecule has 1 aromatic heterocycles. The smallest absolute Gasteiger partial charge is 0.306 e. The second kappa shape index (κ2) is 16.6. The lowest BCUT2D eigenvalue weighted by Gasteiger charge is -2.24. The molecule has 5 nitrogen and oxygen atoms in total. The van der Waals surface area contributed by atoms with Gasteiger partial charge >= 0.3 is 5.97 Å². The summed E-state index contributed by atoms with van der Waals surface area (Å²) >= 11 is 0. The summed E-state index contributed by atoms with van der Waals surface area (Å²) in [5.41, 5.74) is 1.72. The Morgan fingerprint density at radius 2 is 1.47 bits per heavy atom. The largest absolute Gasteiger partial charge is 0.457 e. The monoisotopic (exact) mass is 473 g/mol. The zero-order valence-electron chi connectivity index (χ0n) is 21.9. The predicted molar refractivity (Wildman–Crippen MR) is 137 cm³/mol. The Labute approximate surface area is 207 Å². The maximum absolute atomic E-state index is 12.1. The summed E-state index contributed by atoms with van der Waals surface area (Å²) in [4.78, 5) is 16.4. The van der Waals surface area contributed by atoms with E-state index >= 15 is 0 Å². The number of aromatic nitrogens is 1. The lowest BCUT2D eigenvalue weighted by Crippen LogP contribution is -2.26. The van der Waals surface area contributed by atoms with Crippen LogP contribution in [-0.4, -0.2) is 17.6 Å². The van der Waals surface area contributed by atoms with Crippen molar-refractivity contribution in [2.24, 2.45) is 0 Å². The first-order valence-corrected chi connectivity index (χ1v) is 13.7. The first-order valence-electron chi connectivity index (χ1n) is 13.7. The molecule has 0 fully saturated rings. The molecule has 1 atom stereocenters. The van der Waals surface area contributed by atoms with Crippen LogP contribution in [0.25, 0.3) is 0 Å². The fourth-order valence-electron chi connectivity index (χ4n) is 4.47. The topological polar surface area (TPSA) is 57.7 Å². The van der Waals surface area contributed by atoms with Crippen LogP contribution in [0.15, 0.2) is 30.4 Å². The normalized spacial score (nSPS) is 17.2. The van der Waals surface area contributed by atoms with E-state index in [0.717, 1.165) is 24.1 Å². The summed E-state index contributed by atoms with van der Waals surface area (Å²) in [6, 6.07) is 3.85. The summed E-state index contributed by atoms with van der Waals surface area (Å²) < 4.78 is 17.0. The van der Waals surface area contributed by atoms with Crippen molar-refractivity contribution in [1.29, 1.82) is 0 Å². The number of rotatable bonds is 19. The molecule has 0 radical (unpaired) electrons. The Hall–Kier alpha value is -2.04. The van der Waals surface area contributed by atoms with Gasteiger partial charge in [0.05, 0.1) is 0 Å². The van der Waals surface area contributed by atoms with Crippen LogP contribution in [0.5, 0.6) is 0 Å². The zero-order valence-corrected chi connectivity index (χ0v) is 21.9. The first-order chi connectivity index (χ1) is 16.5. The highest BCUT2D eigenvalue weighted by atomic mass is 16.7. The molecule has 1 aromatic rings. The van der Waals surface area contributed by atoms with Gasteiger partial charge in [-0.05, 0) is 25.0 Å². The molecular formula is C29H47NO4. The van der Waals surface area contributed by atoms with Crippen LogP contribution in [0, 0.1) is 6.92 Å². The average molecular weight is 474 g/mol. The van der Waals surface area contributed by atoms with Gasteiger partial charge in [0.2, 0.25) is 0 Å². The Morgan fingerprint density at radius 3 is 2.03 bits per heavy atom. The number of hydrogen-bond donors (Lipinski definition) is 0. The van der Waals surface area contributed by atoms with Gasteiger partial charge in [-0.15, -0.1) is 0 Å². The third kappa shape index (κ3) is 10.9. The van der Waals surface area contributed by atoms with Gasteiger partial charge < -0.3 is 14.2 Å². The molecule has 0 spiro atoms. The molecule has 2 rings (SSSR count). The molecular weight excluding hydrogens is 426 g/mol. The number of esters is 1. The predicted octanol–water partition coefficient (Wildman–Crippen LogP) is 8.26. The van der Waals surface area contributed by atoms with Crippen molar-refractivity contribution in [1.82, 2.24) is 4.98 Å². The van der Waals surface area contributed by atoms with Gasteiger partial charge in [-0.25, -0.2) is 0 Å². The lowest BCUT2D eigenvalue weighted by atomic mass is 10.0. The maximum atomic E-state index is 12.1. The second-order valence-corrected chi connectivity index (χ2v) is 9.78. The van der Waals surface area contributed by atoms with Gasteiger partial charge in [-0.2, -0.15) is 0 Å². The standard InChI is InChI=1S/C29H47NO4/c1-4-5-6-7-8-9-10-11-12-13-14-15-16-17-18-21-27(31)32-23-26-24-33-29(3,34-26)28-25(2)20-19-22-30-28/h19-20,22,24H,4-18,21,23H2,1-3H3. The molecule has 34 heavy (non-hydrogen) atoms. The number of aryl methyl sites for hydroxylation is 1. The lowest BCUT2D eigenvalue weighted by molar-refractivity contribution is -0.156. The Morgan fingerprint density at radius 1 is 0.912 bits per heavy atom. The van der Waals surface area contributed by atoms with E-state index in [2.05, 4.69) is 11.9 Å². The number of carbonyl (C=O) groups is 1. The van der Waals surface area contributed by atoms with Crippen molar-refractivity contribution in [3.05, 3.63) is 41.6 Å². The van der Waals surface area contributed by atoms with Gasteiger partial charge in [-0.1, -0.05) is 103 Å². The minimum atomic E-state index is -0.971. The minimum Gasteiger partial charge on any atom is -0.457 e. The first kappa shape index (κ1) is 28.2. The molecule has 1 unspecified atom stereocenters. The number of ether oxygens (including phenoxy) is 3. The summed E-state index contributed by atoms with van der Waals surface area (Å²) in [6.45, 7) is 6.16. The fraction of sp³-hybridized carbons (Fsp3) is 0.724. The number of hydrogen-bond acceptors (Lipinski definition) is 5. The van der Waals surface area contributed by atoms with Crippen molar-refractivity contribution in [3.8, 4) is 0 Å². The number of carbonyl (C=O) groups excluding carboxylic acids is 1. The van der Waals surface area contributed by atoms with Crippen molar-refractivity contribution in [2.45, 2.75) is 129 Å². The summed E-state index contributed by atoms with van der Waals surface area (Å²) in [5.74, 6) is -0.638. The van der Waals surface area contributed by atoms with Gasteiger partial charge in [-0.3, -0.25) is 9.78 Å². The molecule has 1 aliphatic heterocycles. The molecule has 5 heteroatoms. The minimum absolute atomic E-state index is 0.0963. The molecule has 1 aliphatic rings. The van der Waals surface area contributed by atoms with E-state index in [1.165, 1.54) is 89.7 Å². The van der Waals surface area contributed by atoms with Crippen LogP contribution in [0.4, 0.5) is 0 Å². The van der Waals surface area contributed by atoms with Crippen molar-refractivity contribution in [3.63, 3.8) is 0 Å². The average Bonchev–Trinajstić information content (AvgIpc) is 3.22.